The predicted octanol–water partition coefficient (Wildman–Crippen LogP) is 2.82. The fraction of sp³-hybridized carbons (Fsp3) is 0.647. The minimum absolute atomic E-state index is 0.517. The van der Waals surface area contributed by atoms with Gasteiger partial charge in [0.2, 0.25) is 0 Å². The van der Waals surface area contributed by atoms with Crippen molar-refractivity contribution in [1.29, 1.82) is 0 Å². The van der Waals surface area contributed by atoms with Crippen LogP contribution in [0, 0.1) is 5.92 Å². The summed E-state index contributed by atoms with van der Waals surface area (Å²) in [6.45, 7) is 3.54. The molecule has 104 valence electrons. The molecule has 0 heterocycles. The van der Waals surface area contributed by atoms with Gasteiger partial charge in [-0.2, -0.15) is 0 Å². The smallest absolute Gasteiger partial charge is 0.0771 e. The van der Waals surface area contributed by atoms with Gasteiger partial charge in [-0.15, -0.1) is 0 Å². The van der Waals surface area contributed by atoms with Crippen LogP contribution in [0.3, 0.4) is 0 Å². The van der Waals surface area contributed by atoms with Gasteiger partial charge in [-0.3, -0.25) is 0 Å². The molecule has 0 amide bonds. The molecule has 0 aliphatic heterocycles. The third-order valence-electron chi connectivity index (χ3n) is 4.68. The summed E-state index contributed by atoms with van der Waals surface area (Å²) >= 11 is 0. The Kier molecular flexibility index (Phi) is 3.64. The average molecular weight is 259 g/mol. The van der Waals surface area contributed by atoms with Gasteiger partial charge in [-0.1, -0.05) is 18.2 Å². The van der Waals surface area contributed by atoms with E-state index in [0.29, 0.717) is 12.5 Å². The van der Waals surface area contributed by atoms with Gasteiger partial charge in [0.15, 0.2) is 0 Å². The molecule has 1 aromatic rings. The van der Waals surface area contributed by atoms with Crippen LogP contribution >= 0.6 is 0 Å². The van der Waals surface area contributed by atoms with Crippen molar-refractivity contribution in [2.45, 2.75) is 57.6 Å². The highest BCUT2D eigenvalue weighted by atomic mass is 16.3. The summed E-state index contributed by atoms with van der Waals surface area (Å²) in [5.41, 5.74) is 3.92. The molecule has 0 bridgehead atoms. The van der Waals surface area contributed by atoms with Gasteiger partial charge in [-0.25, -0.2) is 0 Å². The van der Waals surface area contributed by atoms with Crippen LogP contribution in [-0.4, -0.2) is 17.3 Å². The van der Waals surface area contributed by atoms with Crippen LogP contribution in [0.1, 0.15) is 49.3 Å². The summed E-state index contributed by atoms with van der Waals surface area (Å²) in [6, 6.07) is 6.89. The zero-order chi connectivity index (χ0) is 13.3. The van der Waals surface area contributed by atoms with Crippen molar-refractivity contribution in [3.63, 3.8) is 0 Å². The number of aliphatic hydroxyl groups is 1. The molecular formula is C17H25NO. The number of hydrogen-bond donors (Lipinski definition) is 2. The number of aryl methyl sites for hydroxylation is 2. The quantitative estimate of drug-likeness (QED) is 0.852. The van der Waals surface area contributed by atoms with Crippen LogP contribution in [0.25, 0.3) is 0 Å². The molecule has 0 spiro atoms. The van der Waals surface area contributed by atoms with Gasteiger partial charge in [0, 0.05) is 13.1 Å². The highest BCUT2D eigenvalue weighted by molar-refractivity contribution is 5.33. The number of benzene rings is 1. The van der Waals surface area contributed by atoms with E-state index in [1.807, 2.05) is 6.92 Å². The van der Waals surface area contributed by atoms with Gasteiger partial charge >= 0.3 is 0 Å². The first-order valence-corrected chi connectivity index (χ1v) is 7.69. The van der Waals surface area contributed by atoms with Crippen molar-refractivity contribution < 1.29 is 5.11 Å². The summed E-state index contributed by atoms with van der Waals surface area (Å²) in [5, 5.41) is 13.7. The molecule has 1 atom stereocenters. The molecule has 1 saturated carbocycles. The van der Waals surface area contributed by atoms with Gasteiger partial charge in [0.1, 0.15) is 0 Å². The Morgan fingerprint density at radius 1 is 1.21 bits per heavy atom. The van der Waals surface area contributed by atoms with E-state index in [-0.39, 0.29) is 0 Å². The molecule has 0 saturated heterocycles. The standard InChI is InChI=1S/C17H25NO/c1-17(19,16-8-9-16)12-18-11-13-6-7-14-4-2-3-5-15(14)10-13/h6-7,10,16,18-19H,2-5,8-9,11-12H2,1H3. The zero-order valence-electron chi connectivity index (χ0n) is 11.9. The third-order valence-corrected chi connectivity index (χ3v) is 4.68. The second kappa shape index (κ2) is 5.26. The highest BCUT2D eigenvalue weighted by Crippen LogP contribution is 2.39. The molecule has 2 aliphatic carbocycles. The lowest BCUT2D eigenvalue weighted by atomic mass is 9.90. The van der Waals surface area contributed by atoms with Crippen molar-refractivity contribution in [2.75, 3.05) is 6.54 Å². The van der Waals surface area contributed by atoms with E-state index >= 15 is 0 Å². The van der Waals surface area contributed by atoms with E-state index in [1.54, 1.807) is 11.1 Å². The largest absolute Gasteiger partial charge is 0.389 e. The summed E-state index contributed by atoms with van der Waals surface area (Å²) in [5.74, 6) is 0.517. The lowest BCUT2D eigenvalue weighted by Crippen LogP contribution is -2.39. The molecule has 3 rings (SSSR count). The summed E-state index contributed by atoms with van der Waals surface area (Å²) < 4.78 is 0. The SMILES string of the molecule is CC(O)(CNCc1ccc2c(c1)CCCC2)C1CC1. The number of rotatable bonds is 5. The van der Waals surface area contributed by atoms with E-state index < -0.39 is 5.60 Å². The molecule has 1 aromatic carbocycles. The Labute approximate surface area is 116 Å². The Morgan fingerprint density at radius 3 is 2.68 bits per heavy atom. The van der Waals surface area contributed by atoms with Crippen LogP contribution in [0.4, 0.5) is 0 Å². The lowest BCUT2D eigenvalue weighted by Gasteiger charge is -2.23. The number of nitrogens with one attached hydrogen (secondary N) is 1. The van der Waals surface area contributed by atoms with Crippen LogP contribution in [0.15, 0.2) is 18.2 Å². The van der Waals surface area contributed by atoms with Gasteiger partial charge < -0.3 is 10.4 Å². The minimum atomic E-state index is -0.520. The first-order valence-electron chi connectivity index (χ1n) is 7.69. The maximum atomic E-state index is 10.3. The van der Waals surface area contributed by atoms with E-state index in [1.165, 1.54) is 44.1 Å². The van der Waals surface area contributed by atoms with Crippen molar-refractivity contribution in [3.05, 3.63) is 34.9 Å². The maximum Gasteiger partial charge on any atom is 0.0771 e. The molecule has 0 aromatic heterocycles. The predicted molar refractivity (Wildman–Crippen MR) is 78.1 cm³/mol. The van der Waals surface area contributed by atoms with Crippen LogP contribution in [-0.2, 0) is 19.4 Å². The Balaban J connectivity index is 1.55. The van der Waals surface area contributed by atoms with Crippen LogP contribution in [0.5, 0.6) is 0 Å². The Hall–Kier alpha value is -0.860. The molecular weight excluding hydrogens is 234 g/mol. The van der Waals surface area contributed by atoms with Crippen LogP contribution < -0.4 is 5.32 Å². The summed E-state index contributed by atoms with van der Waals surface area (Å²) in [4.78, 5) is 0. The molecule has 1 fully saturated rings. The average Bonchev–Trinajstić information content (AvgIpc) is 3.23. The van der Waals surface area contributed by atoms with Crippen molar-refractivity contribution in [2.24, 2.45) is 5.92 Å². The molecule has 19 heavy (non-hydrogen) atoms. The second-order valence-electron chi connectivity index (χ2n) is 6.55. The van der Waals surface area contributed by atoms with Gasteiger partial charge in [-0.05, 0) is 68.1 Å². The molecule has 2 nitrogen and oxygen atoms in total. The minimum Gasteiger partial charge on any atom is -0.389 e. The third kappa shape index (κ3) is 3.18. The lowest BCUT2D eigenvalue weighted by molar-refractivity contribution is 0.0367. The Morgan fingerprint density at radius 2 is 1.95 bits per heavy atom. The summed E-state index contributed by atoms with van der Waals surface area (Å²) in [6.07, 6.45) is 7.54. The topological polar surface area (TPSA) is 32.3 Å². The number of fused-ring (bicyclic) bond motifs is 1. The molecule has 2 aliphatic rings. The van der Waals surface area contributed by atoms with Gasteiger partial charge in [0.05, 0.1) is 5.60 Å². The maximum absolute atomic E-state index is 10.3. The van der Waals surface area contributed by atoms with E-state index in [9.17, 15) is 5.11 Å². The molecule has 1 unspecified atom stereocenters. The Bertz CT molecular complexity index is 449. The fourth-order valence-electron chi connectivity index (χ4n) is 3.21. The summed E-state index contributed by atoms with van der Waals surface area (Å²) in [7, 11) is 0. The molecule has 2 N–H and O–H groups in total. The fourth-order valence-corrected chi connectivity index (χ4v) is 3.21. The second-order valence-corrected chi connectivity index (χ2v) is 6.55. The first kappa shape index (κ1) is 13.1. The van der Waals surface area contributed by atoms with E-state index in [2.05, 4.69) is 23.5 Å². The van der Waals surface area contributed by atoms with Crippen molar-refractivity contribution in [1.82, 2.24) is 5.32 Å². The zero-order valence-corrected chi connectivity index (χ0v) is 11.9. The highest BCUT2D eigenvalue weighted by Gasteiger charge is 2.39. The first-order chi connectivity index (χ1) is 9.15. The van der Waals surface area contributed by atoms with E-state index in [4.69, 9.17) is 0 Å². The van der Waals surface area contributed by atoms with E-state index in [0.717, 1.165) is 6.54 Å². The molecule has 2 heteroatoms. The molecule has 0 radical (unpaired) electrons. The monoisotopic (exact) mass is 259 g/mol. The van der Waals surface area contributed by atoms with Crippen LogP contribution in [0.2, 0.25) is 0 Å². The normalized spacial score (nSPS) is 21.8. The van der Waals surface area contributed by atoms with Crippen molar-refractivity contribution in [3.8, 4) is 0 Å². The van der Waals surface area contributed by atoms with Crippen molar-refractivity contribution >= 4 is 0 Å². The number of hydrogen-bond acceptors (Lipinski definition) is 2. The van der Waals surface area contributed by atoms with Gasteiger partial charge in [0.25, 0.3) is 0 Å².